The van der Waals surface area contributed by atoms with Gasteiger partial charge in [0.15, 0.2) is 0 Å². The molecule has 4 nitrogen and oxygen atoms in total. The molecular weight excluding hydrogens is 204 g/mol. The van der Waals surface area contributed by atoms with Gasteiger partial charge in [0.1, 0.15) is 5.78 Å². The first-order valence-corrected chi connectivity index (χ1v) is 6.10. The molecule has 4 heteroatoms. The van der Waals surface area contributed by atoms with E-state index >= 15 is 0 Å². The number of primary amides is 1. The van der Waals surface area contributed by atoms with Gasteiger partial charge in [-0.25, -0.2) is 0 Å². The molecule has 92 valence electrons. The van der Waals surface area contributed by atoms with Gasteiger partial charge in [-0.2, -0.15) is 0 Å². The lowest BCUT2D eigenvalue weighted by atomic mass is 9.97. The van der Waals surface area contributed by atoms with Crippen LogP contribution >= 0.6 is 0 Å². The van der Waals surface area contributed by atoms with Gasteiger partial charge in [0.2, 0.25) is 5.91 Å². The highest BCUT2D eigenvalue weighted by atomic mass is 16.1. The van der Waals surface area contributed by atoms with Gasteiger partial charge in [0, 0.05) is 13.0 Å². The second-order valence-electron chi connectivity index (χ2n) is 4.70. The number of piperidine rings is 1. The van der Waals surface area contributed by atoms with Crippen molar-refractivity contribution in [2.24, 2.45) is 11.7 Å². The average molecular weight is 226 g/mol. The Morgan fingerprint density at radius 2 is 2.12 bits per heavy atom. The first-order valence-electron chi connectivity index (χ1n) is 6.10. The first kappa shape index (κ1) is 13.2. The third-order valence-corrected chi connectivity index (χ3v) is 3.16. The summed E-state index contributed by atoms with van der Waals surface area (Å²) in [7, 11) is 0. The van der Waals surface area contributed by atoms with Gasteiger partial charge in [0.25, 0.3) is 0 Å². The van der Waals surface area contributed by atoms with E-state index < -0.39 is 0 Å². The number of unbranched alkanes of at least 4 members (excludes halogenated alkanes) is 1. The number of likely N-dealkylation sites (tertiary alicyclic amines) is 1. The number of amides is 1. The zero-order valence-corrected chi connectivity index (χ0v) is 10.1. The fourth-order valence-electron chi connectivity index (χ4n) is 2.20. The Bertz CT molecular complexity index is 253. The van der Waals surface area contributed by atoms with Crippen molar-refractivity contribution in [3.8, 4) is 0 Å². The highest BCUT2D eigenvalue weighted by Gasteiger charge is 2.23. The van der Waals surface area contributed by atoms with Gasteiger partial charge in [-0.3, -0.25) is 4.79 Å². The van der Waals surface area contributed by atoms with Gasteiger partial charge in [-0.1, -0.05) is 0 Å². The fraction of sp³-hybridized carbons (Fsp3) is 0.833. The van der Waals surface area contributed by atoms with Crippen LogP contribution in [0.1, 0.15) is 39.0 Å². The molecule has 0 aliphatic carbocycles. The number of Topliss-reactive ketones (excluding diaryl/α,β-unsaturated/α-hetero) is 1. The average Bonchev–Trinajstić information content (AvgIpc) is 2.24. The molecule has 0 spiro atoms. The van der Waals surface area contributed by atoms with Crippen molar-refractivity contribution in [3.63, 3.8) is 0 Å². The number of carbonyl (C=O) groups is 2. The molecule has 1 heterocycles. The predicted molar refractivity (Wildman–Crippen MR) is 62.9 cm³/mol. The minimum Gasteiger partial charge on any atom is -0.369 e. The van der Waals surface area contributed by atoms with Crippen LogP contribution in [0, 0.1) is 5.92 Å². The van der Waals surface area contributed by atoms with E-state index in [2.05, 4.69) is 4.90 Å². The van der Waals surface area contributed by atoms with E-state index in [0.717, 1.165) is 45.3 Å². The van der Waals surface area contributed by atoms with Gasteiger partial charge >= 0.3 is 0 Å². The minimum absolute atomic E-state index is 0.0292. The van der Waals surface area contributed by atoms with Gasteiger partial charge in [0.05, 0.1) is 5.92 Å². The number of carbonyl (C=O) groups excluding carboxylic acids is 2. The smallest absolute Gasteiger partial charge is 0.221 e. The van der Waals surface area contributed by atoms with E-state index in [0.29, 0.717) is 6.42 Å². The van der Waals surface area contributed by atoms with Crippen LogP contribution in [0.3, 0.4) is 0 Å². The molecule has 1 rings (SSSR count). The zero-order chi connectivity index (χ0) is 12.0. The number of ketones is 1. The topological polar surface area (TPSA) is 63.4 Å². The largest absolute Gasteiger partial charge is 0.369 e. The number of rotatable bonds is 6. The third-order valence-electron chi connectivity index (χ3n) is 3.16. The molecule has 0 aromatic carbocycles. The normalized spacial score (nSPS) is 21.9. The molecule has 2 N–H and O–H groups in total. The molecule has 1 atom stereocenters. The number of nitrogens with two attached hydrogens (primary N) is 1. The Morgan fingerprint density at radius 3 is 2.75 bits per heavy atom. The van der Waals surface area contributed by atoms with Crippen LogP contribution in [0.15, 0.2) is 0 Å². The number of hydrogen-bond donors (Lipinski definition) is 1. The van der Waals surface area contributed by atoms with Crippen LogP contribution in [-0.2, 0) is 9.59 Å². The summed E-state index contributed by atoms with van der Waals surface area (Å²) in [4.78, 5) is 24.1. The lowest BCUT2D eigenvalue weighted by molar-refractivity contribution is -0.123. The Morgan fingerprint density at radius 1 is 1.38 bits per heavy atom. The van der Waals surface area contributed by atoms with E-state index in [1.165, 1.54) is 0 Å². The third kappa shape index (κ3) is 4.75. The lowest BCUT2D eigenvalue weighted by Crippen LogP contribution is -2.41. The van der Waals surface area contributed by atoms with E-state index in [1.54, 1.807) is 6.92 Å². The molecule has 0 radical (unpaired) electrons. The fourth-order valence-corrected chi connectivity index (χ4v) is 2.20. The maximum Gasteiger partial charge on any atom is 0.221 e. The van der Waals surface area contributed by atoms with E-state index in [1.807, 2.05) is 0 Å². The van der Waals surface area contributed by atoms with Crippen molar-refractivity contribution >= 4 is 11.7 Å². The summed E-state index contributed by atoms with van der Waals surface area (Å²) < 4.78 is 0. The Labute approximate surface area is 97.2 Å². The monoisotopic (exact) mass is 226 g/mol. The summed E-state index contributed by atoms with van der Waals surface area (Å²) >= 11 is 0. The summed E-state index contributed by atoms with van der Waals surface area (Å²) in [6, 6.07) is 0. The van der Waals surface area contributed by atoms with Crippen LogP contribution in [0.5, 0.6) is 0 Å². The van der Waals surface area contributed by atoms with E-state index in [9.17, 15) is 9.59 Å². The van der Waals surface area contributed by atoms with Crippen LogP contribution in [-0.4, -0.2) is 36.2 Å². The van der Waals surface area contributed by atoms with Gasteiger partial charge in [-0.15, -0.1) is 0 Å². The van der Waals surface area contributed by atoms with Crippen molar-refractivity contribution in [2.75, 3.05) is 19.6 Å². The molecule has 1 fully saturated rings. The second-order valence-corrected chi connectivity index (χ2v) is 4.70. The van der Waals surface area contributed by atoms with E-state index in [-0.39, 0.29) is 17.6 Å². The van der Waals surface area contributed by atoms with Crippen molar-refractivity contribution in [1.29, 1.82) is 0 Å². The second kappa shape index (κ2) is 6.63. The Kier molecular flexibility index (Phi) is 5.46. The molecule has 0 aromatic rings. The van der Waals surface area contributed by atoms with E-state index in [4.69, 9.17) is 5.73 Å². The lowest BCUT2D eigenvalue weighted by Gasteiger charge is -2.31. The molecule has 0 aromatic heterocycles. The standard InChI is InChI=1S/C12H22N2O2/c1-10(15)5-2-3-7-14-8-4-6-11(9-14)12(13)16/h11H,2-9H2,1H3,(H2,13,16). The maximum atomic E-state index is 11.1. The summed E-state index contributed by atoms with van der Waals surface area (Å²) in [5.74, 6) is 0.114. The van der Waals surface area contributed by atoms with Crippen LogP contribution in [0.25, 0.3) is 0 Å². The number of hydrogen-bond acceptors (Lipinski definition) is 3. The van der Waals surface area contributed by atoms with Gasteiger partial charge < -0.3 is 15.4 Å². The minimum atomic E-state index is -0.173. The SMILES string of the molecule is CC(=O)CCCCN1CCCC(C(N)=O)C1. The Hall–Kier alpha value is -0.900. The summed E-state index contributed by atoms with van der Waals surface area (Å²) in [6.45, 7) is 4.47. The molecule has 0 bridgehead atoms. The van der Waals surface area contributed by atoms with Crippen molar-refractivity contribution in [1.82, 2.24) is 4.90 Å². The molecule has 1 amide bonds. The molecule has 16 heavy (non-hydrogen) atoms. The molecule has 1 unspecified atom stereocenters. The molecular formula is C12H22N2O2. The van der Waals surface area contributed by atoms with Crippen LogP contribution in [0.4, 0.5) is 0 Å². The van der Waals surface area contributed by atoms with Crippen LogP contribution in [0.2, 0.25) is 0 Å². The predicted octanol–water partition coefficient (Wildman–Crippen LogP) is 0.943. The maximum absolute atomic E-state index is 11.1. The molecule has 1 saturated heterocycles. The Balaban J connectivity index is 2.17. The molecule has 0 saturated carbocycles. The number of nitrogens with zero attached hydrogens (tertiary/aromatic N) is 1. The van der Waals surface area contributed by atoms with Crippen molar-refractivity contribution in [3.05, 3.63) is 0 Å². The van der Waals surface area contributed by atoms with Gasteiger partial charge in [-0.05, 0) is 45.7 Å². The van der Waals surface area contributed by atoms with Crippen LogP contribution < -0.4 is 5.73 Å². The summed E-state index contributed by atoms with van der Waals surface area (Å²) in [5.41, 5.74) is 5.31. The first-order chi connectivity index (χ1) is 7.59. The summed E-state index contributed by atoms with van der Waals surface area (Å²) in [6.07, 6.45) is 4.64. The van der Waals surface area contributed by atoms with Crippen molar-refractivity contribution < 1.29 is 9.59 Å². The zero-order valence-electron chi connectivity index (χ0n) is 10.1. The highest BCUT2D eigenvalue weighted by molar-refractivity contribution is 5.77. The quantitative estimate of drug-likeness (QED) is 0.686. The molecule has 1 aliphatic rings. The van der Waals surface area contributed by atoms with Crippen molar-refractivity contribution in [2.45, 2.75) is 39.0 Å². The molecule has 1 aliphatic heterocycles. The summed E-state index contributed by atoms with van der Waals surface area (Å²) in [5, 5.41) is 0. The highest BCUT2D eigenvalue weighted by Crippen LogP contribution is 2.16.